The fraction of sp³-hybridized carbons (Fsp3) is 0.591. The van der Waals surface area contributed by atoms with E-state index in [2.05, 4.69) is 15.4 Å². The molecule has 12 heteroatoms. The van der Waals surface area contributed by atoms with Crippen LogP contribution in [-0.4, -0.2) is 60.0 Å². The van der Waals surface area contributed by atoms with E-state index in [9.17, 15) is 27.6 Å². The average molecular weight is 503 g/mol. The molecule has 0 aromatic heterocycles. The molecule has 1 aromatic carbocycles. The van der Waals surface area contributed by atoms with Crippen LogP contribution in [-0.2, 0) is 19.1 Å². The van der Waals surface area contributed by atoms with E-state index < -0.39 is 35.8 Å². The third-order valence-corrected chi connectivity index (χ3v) is 7.03. The number of alkyl halides is 3. The van der Waals surface area contributed by atoms with Gasteiger partial charge in [-0.1, -0.05) is 11.6 Å². The number of carbonyl (C=O) groups is 3. The van der Waals surface area contributed by atoms with Crippen molar-refractivity contribution in [3.8, 4) is 5.75 Å². The molecule has 0 spiro atoms. The first-order valence-corrected chi connectivity index (χ1v) is 11.3. The van der Waals surface area contributed by atoms with Gasteiger partial charge >= 0.3 is 6.36 Å². The third kappa shape index (κ3) is 4.60. The van der Waals surface area contributed by atoms with Crippen LogP contribution >= 0.6 is 11.6 Å². The summed E-state index contributed by atoms with van der Waals surface area (Å²) >= 11 is 5.91. The number of rotatable bonds is 7. The molecule has 2 amide bonds. The topological polar surface area (TPSA) is 103 Å². The summed E-state index contributed by atoms with van der Waals surface area (Å²) in [4.78, 5) is 37.3. The molecule has 2 N–H and O–H groups in total. The Bertz CT molecular complexity index is 1020. The molecule has 6 rings (SSSR count). The van der Waals surface area contributed by atoms with E-state index in [1.807, 2.05) is 0 Å². The largest absolute Gasteiger partial charge is 0.522 e. The van der Waals surface area contributed by atoms with Gasteiger partial charge in [-0.05, 0) is 37.5 Å². The van der Waals surface area contributed by atoms with Gasteiger partial charge in [0, 0.05) is 28.9 Å². The Kier molecular flexibility index (Phi) is 5.57. The molecule has 0 unspecified atom stereocenters. The zero-order valence-electron chi connectivity index (χ0n) is 17.9. The van der Waals surface area contributed by atoms with Gasteiger partial charge in [-0.2, -0.15) is 0 Å². The molecule has 8 nitrogen and oxygen atoms in total. The minimum Gasteiger partial charge on any atom is -0.479 e. The van der Waals surface area contributed by atoms with Crippen molar-refractivity contribution in [3.05, 3.63) is 28.8 Å². The number of amides is 2. The Morgan fingerprint density at radius 1 is 1.12 bits per heavy atom. The fourth-order valence-electron chi connectivity index (χ4n) is 5.30. The molecule has 1 aromatic rings. The highest BCUT2D eigenvalue weighted by Crippen LogP contribution is 2.60. The minimum absolute atomic E-state index is 0.0789. The van der Waals surface area contributed by atoms with Gasteiger partial charge in [-0.3, -0.25) is 19.1 Å². The van der Waals surface area contributed by atoms with Gasteiger partial charge in [0.15, 0.2) is 11.9 Å². The van der Waals surface area contributed by atoms with Crippen molar-refractivity contribution in [1.82, 2.24) is 10.6 Å². The monoisotopic (exact) mass is 502 g/mol. The summed E-state index contributed by atoms with van der Waals surface area (Å²) in [6.07, 6.45) is -5.20. The summed E-state index contributed by atoms with van der Waals surface area (Å²) in [5.41, 5.74) is -0.494. The quantitative estimate of drug-likeness (QED) is 0.594. The van der Waals surface area contributed by atoms with Gasteiger partial charge in [0.1, 0.15) is 12.4 Å². The molecule has 2 bridgehead atoms. The molecule has 1 heterocycles. The van der Waals surface area contributed by atoms with Crippen LogP contribution in [0.15, 0.2) is 18.2 Å². The molecule has 1 aliphatic heterocycles. The highest BCUT2D eigenvalue weighted by Gasteiger charge is 2.69. The Balaban J connectivity index is 1.03. The van der Waals surface area contributed by atoms with E-state index in [1.54, 1.807) is 12.1 Å². The van der Waals surface area contributed by atoms with Crippen molar-refractivity contribution in [1.29, 1.82) is 0 Å². The number of ether oxygens (including phenoxy) is 3. The van der Waals surface area contributed by atoms with E-state index >= 15 is 0 Å². The molecule has 4 saturated carbocycles. The SMILES string of the molecule is O=C(COC1CC(OC(F)(F)F)C1)NC12CC(NC(=O)[C@H]3CC(=O)c4cc(Cl)ccc4O3)(C1)C2. The second-order valence-electron chi connectivity index (χ2n) is 9.59. The van der Waals surface area contributed by atoms with Crippen molar-refractivity contribution in [2.24, 2.45) is 0 Å². The van der Waals surface area contributed by atoms with Crippen molar-refractivity contribution in [2.45, 2.75) is 74.3 Å². The van der Waals surface area contributed by atoms with Gasteiger partial charge < -0.3 is 20.1 Å². The molecule has 4 fully saturated rings. The molecule has 184 valence electrons. The van der Waals surface area contributed by atoms with Crippen LogP contribution in [0.4, 0.5) is 13.2 Å². The Morgan fingerprint density at radius 2 is 1.79 bits per heavy atom. The van der Waals surface area contributed by atoms with Gasteiger partial charge in [-0.15, -0.1) is 13.2 Å². The average Bonchev–Trinajstić information content (AvgIpc) is 2.66. The van der Waals surface area contributed by atoms with E-state index in [1.165, 1.54) is 6.07 Å². The first kappa shape index (κ1) is 23.4. The maximum atomic E-state index is 12.7. The van der Waals surface area contributed by atoms with E-state index in [-0.39, 0.29) is 43.5 Å². The number of benzene rings is 1. The van der Waals surface area contributed by atoms with Crippen LogP contribution in [0, 0.1) is 0 Å². The van der Waals surface area contributed by atoms with Crippen LogP contribution in [0.3, 0.4) is 0 Å². The van der Waals surface area contributed by atoms with E-state index in [4.69, 9.17) is 21.1 Å². The Hall–Kier alpha value is -2.37. The number of carbonyl (C=O) groups excluding carboxylic acids is 3. The molecule has 0 radical (unpaired) electrons. The molecule has 5 aliphatic rings. The first-order chi connectivity index (χ1) is 15.9. The van der Waals surface area contributed by atoms with Gasteiger partial charge in [-0.25, -0.2) is 0 Å². The van der Waals surface area contributed by atoms with Gasteiger partial charge in [0.05, 0.1) is 24.2 Å². The van der Waals surface area contributed by atoms with Crippen molar-refractivity contribution in [2.75, 3.05) is 6.61 Å². The van der Waals surface area contributed by atoms with E-state index in [0.29, 0.717) is 35.6 Å². The lowest BCUT2D eigenvalue weighted by Crippen LogP contribution is -2.84. The zero-order valence-corrected chi connectivity index (χ0v) is 18.6. The summed E-state index contributed by atoms with van der Waals surface area (Å²) in [6, 6.07) is 4.67. The zero-order chi connectivity index (χ0) is 24.3. The minimum atomic E-state index is -4.67. The summed E-state index contributed by atoms with van der Waals surface area (Å²) in [6.45, 7) is -0.244. The Morgan fingerprint density at radius 3 is 2.47 bits per heavy atom. The number of hydrogen-bond donors (Lipinski definition) is 2. The molecule has 1 atom stereocenters. The maximum absolute atomic E-state index is 12.7. The number of nitrogens with one attached hydrogen (secondary N) is 2. The Labute approximate surface area is 197 Å². The number of hydrogen-bond acceptors (Lipinski definition) is 6. The third-order valence-electron chi connectivity index (χ3n) is 6.80. The van der Waals surface area contributed by atoms with Crippen molar-refractivity contribution in [3.63, 3.8) is 0 Å². The van der Waals surface area contributed by atoms with Crippen molar-refractivity contribution >= 4 is 29.2 Å². The lowest BCUT2D eigenvalue weighted by atomic mass is 9.44. The summed E-state index contributed by atoms with van der Waals surface area (Å²) in [5.74, 6) is -0.619. The lowest BCUT2D eigenvalue weighted by Gasteiger charge is -2.70. The molecular formula is C22H22ClF3N2O6. The van der Waals surface area contributed by atoms with Crippen LogP contribution < -0.4 is 15.4 Å². The van der Waals surface area contributed by atoms with Crippen LogP contribution in [0.2, 0.25) is 5.02 Å². The molecule has 34 heavy (non-hydrogen) atoms. The number of Topliss-reactive ketones (excluding diaryl/α,β-unsaturated/α-hetero) is 1. The van der Waals surface area contributed by atoms with Gasteiger partial charge in [0.25, 0.3) is 5.91 Å². The summed E-state index contributed by atoms with van der Waals surface area (Å²) in [5, 5.41) is 6.26. The maximum Gasteiger partial charge on any atom is 0.522 e. The number of halogens is 4. The fourth-order valence-corrected chi connectivity index (χ4v) is 5.47. The summed E-state index contributed by atoms with van der Waals surface area (Å²) in [7, 11) is 0. The predicted molar refractivity (Wildman–Crippen MR) is 110 cm³/mol. The second kappa shape index (κ2) is 8.10. The number of fused-ring (bicyclic) bond motifs is 1. The van der Waals surface area contributed by atoms with Gasteiger partial charge in [0.2, 0.25) is 5.91 Å². The van der Waals surface area contributed by atoms with Crippen LogP contribution in [0.1, 0.15) is 48.9 Å². The van der Waals surface area contributed by atoms with E-state index in [0.717, 1.165) is 0 Å². The molecular weight excluding hydrogens is 481 g/mol. The number of ketones is 1. The summed E-state index contributed by atoms with van der Waals surface area (Å²) < 4.78 is 51.3. The second-order valence-corrected chi connectivity index (χ2v) is 10.0. The smallest absolute Gasteiger partial charge is 0.479 e. The van der Waals surface area contributed by atoms with Crippen molar-refractivity contribution < 1.29 is 41.8 Å². The highest BCUT2D eigenvalue weighted by molar-refractivity contribution is 6.31. The highest BCUT2D eigenvalue weighted by atomic mass is 35.5. The first-order valence-electron chi connectivity index (χ1n) is 10.9. The van der Waals surface area contributed by atoms with Crippen LogP contribution in [0.25, 0.3) is 0 Å². The lowest BCUT2D eigenvalue weighted by molar-refractivity contribution is -0.357. The predicted octanol–water partition coefficient (Wildman–Crippen LogP) is 2.67. The standard InChI is InChI=1S/C22H22ClF3N2O6/c23-11-1-2-16-14(3-11)15(29)6-17(33-16)19(31)28-21-8-20(9-21,10-21)27-18(30)7-32-12-4-13(5-12)34-22(24,25)26/h1-3,12-13,17H,4-10H2,(H,27,30)(H,28,31)/t12?,13?,17-,20?,21?/m1/s1. The molecule has 0 saturated heterocycles. The van der Waals surface area contributed by atoms with Crippen LogP contribution in [0.5, 0.6) is 5.75 Å². The molecule has 4 aliphatic carbocycles. The normalized spacial score (nSPS) is 33.4.